The smallest absolute Gasteiger partial charge is 0.313 e. The molecule has 4 nitrogen and oxygen atoms in total. The van der Waals surface area contributed by atoms with E-state index >= 15 is 0 Å². The molecular weight excluding hydrogens is 404 g/mol. The molecule has 0 spiro atoms. The van der Waals surface area contributed by atoms with Crippen LogP contribution in [0, 0.1) is 5.92 Å². The molecule has 5 rings (SSSR count). The lowest BCUT2D eigenvalue weighted by Gasteiger charge is -2.47. The van der Waals surface area contributed by atoms with Gasteiger partial charge in [-0.2, -0.15) is 0 Å². The zero-order valence-corrected chi connectivity index (χ0v) is 18.8. The highest BCUT2D eigenvalue weighted by Crippen LogP contribution is 2.52. The largest absolute Gasteiger partial charge is 0.469 e. The number of benzene rings is 2. The van der Waals surface area contributed by atoms with E-state index in [1.807, 2.05) is 11.8 Å². The molecule has 0 radical (unpaired) electrons. The van der Waals surface area contributed by atoms with Crippen molar-refractivity contribution in [3.8, 4) is 0 Å². The van der Waals surface area contributed by atoms with Crippen LogP contribution in [-0.2, 0) is 9.53 Å². The van der Waals surface area contributed by atoms with E-state index < -0.39 is 0 Å². The number of nitrogens with one attached hydrogen (secondary N) is 1. The number of H-pyrrole nitrogens is 1. The summed E-state index contributed by atoms with van der Waals surface area (Å²) in [5.41, 5.74) is 4.80. The quantitative estimate of drug-likeness (QED) is 0.327. The fourth-order valence-corrected chi connectivity index (χ4v) is 6.29. The maximum atomic E-state index is 13.0. The van der Waals surface area contributed by atoms with Crippen LogP contribution in [0.15, 0.2) is 71.1 Å². The molecule has 31 heavy (non-hydrogen) atoms. The van der Waals surface area contributed by atoms with E-state index in [4.69, 9.17) is 4.74 Å². The van der Waals surface area contributed by atoms with E-state index in [1.54, 1.807) is 0 Å². The minimum absolute atomic E-state index is 0.123. The Morgan fingerprint density at radius 3 is 2.74 bits per heavy atom. The Bertz CT molecular complexity index is 1120. The third-order valence-corrected chi connectivity index (χ3v) is 7.81. The van der Waals surface area contributed by atoms with Gasteiger partial charge in [0, 0.05) is 46.3 Å². The van der Waals surface area contributed by atoms with Crippen molar-refractivity contribution in [2.45, 2.75) is 30.2 Å². The number of aromatic nitrogens is 1. The fourth-order valence-electron chi connectivity index (χ4n) is 5.38. The lowest BCUT2D eigenvalue weighted by molar-refractivity contribution is -0.144. The first-order valence-corrected chi connectivity index (χ1v) is 11.9. The Morgan fingerprint density at radius 2 is 1.97 bits per heavy atom. The maximum absolute atomic E-state index is 13.0. The molecule has 1 saturated heterocycles. The first kappa shape index (κ1) is 20.4. The molecule has 1 N–H and O–H groups in total. The number of nitrogens with zero attached hydrogens (tertiary/aromatic N) is 1. The highest BCUT2D eigenvalue weighted by molar-refractivity contribution is 7.99. The van der Waals surface area contributed by atoms with Crippen LogP contribution in [-0.4, -0.2) is 41.8 Å². The van der Waals surface area contributed by atoms with E-state index in [1.165, 1.54) is 23.3 Å². The molecule has 1 aromatic heterocycles. The number of hydrogen-bond donors (Lipinski definition) is 1. The van der Waals surface area contributed by atoms with Crippen LogP contribution in [0.5, 0.6) is 0 Å². The average Bonchev–Trinajstić information content (AvgIpc) is 3.20. The molecule has 2 aromatic carbocycles. The number of rotatable bonds is 5. The predicted molar refractivity (Wildman–Crippen MR) is 126 cm³/mol. The van der Waals surface area contributed by atoms with Crippen LogP contribution in [0.1, 0.15) is 36.6 Å². The van der Waals surface area contributed by atoms with Crippen LogP contribution in [0.3, 0.4) is 0 Å². The Labute approximate surface area is 187 Å². The zero-order chi connectivity index (χ0) is 21.4. The van der Waals surface area contributed by atoms with Gasteiger partial charge in [-0.15, -0.1) is 11.8 Å². The van der Waals surface area contributed by atoms with Gasteiger partial charge in [-0.25, -0.2) is 0 Å². The van der Waals surface area contributed by atoms with Crippen LogP contribution in [0.4, 0.5) is 0 Å². The van der Waals surface area contributed by atoms with Crippen LogP contribution < -0.4 is 0 Å². The van der Waals surface area contributed by atoms with Crippen molar-refractivity contribution in [2.24, 2.45) is 5.92 Å². The summed E-state index contributed by atoms with van der Waals surface area (Å²) in [6.45, 7) is 4.01. The van der Waals surface area contributed by atoms with Crippen molar-refractivity contribution in [1.82, 2.24) is 9.88 Å². The number of hydrogen-bond acceptors (Lipinski definition) is 4. The number of carbonyl (C=O) groups excluding carboxylic acids is 1. The summed E-state index contributed by atoms with van der Waals surface area (Å²) in [6, 6.07) is 19.2. The summed E-state index contributed by atoms with van der Waals surface area (Å²) in [6.07, 6.45) is 3.17. The highest BCUT2D eigenvalue weighted by atomic mass is 32.2. The van der Waals surface area contributed by atoms with Gasteiger partial charge in [0.05, 0.1) is 19.1 Å². The topological polar surface area (TPSA) is 45.3 Å². The van der Waals surface area contributed by atoms with E-state index in [0.29, 0.717) is 6.04 Å². The molecule has 5 heteroatoms. The number of allylic oxidation sites excluding steroid dienone is 1. The van der Waals surface area contributed by atoms with Gasteiger partial charge >= 0.3 is 5.97 Å². The molecule has 0 saturated carbocycles. The predicted octanol–water partition coefficient (Wildman–Crippen LogP) is 5.54. The van der Waals surface area contributed by atoms with Crippen LogP contribution in [0.2, 0.25) is 0 Å². The van der Waals surface area contributed by atoms with Crippen molar-refractivity contribution >= 4 is 28.6 Å². The van der Waals surface area contributed by atoms with Gasteiger partial charge in [0.1, 0.15) is 0 Å². The molecule has 1 aliphatic carbocycles. The molecule has 3 aromatic rings. The van der Waals surface area contributed by atoms with Crippen molar-refractivity contribution in [3.05, 3.63) is 77.5 Å². The third kappa shape index (κ3) is 3.60. The summed E-state index contributed by atoms with van der Waals surface area (Å²) in [4.78, 5) is 20.5. The van der Waals surface area contributed by atoms with E-state index in [0.717, 1.165) is 41.7 Å². The molecule has 1 aliphatic heterocycles. The molecule has 2 bridgehead atoms. The minimum atomic E-state index is -0.237. The summed E-state index contributed by atoms with van der Waals surface area (Å²) in [7, 11) is 1.51. The van der Waals surface area contributed by atoms with Crippen LogP contribution >= 0.6 is 11.8 Å². The number of aromatic amines is 1. The van der Waals surface area contributed by atoms with Gasteiger partial charge in [0.15, 0.2) is 0 Å². The van der Waals surface area contributed by atoms with E-state index in [2.05, 4.69) is 77.5 Å². The van der Waals surface area contributed by atoms with Gasteiger partial charge in [-0.1, -0.05) is 48.0 Å². The molecule has 2 aliphatic rings. The molecule has 160 valence electrons. The number of fused-ring (bicyclic) bond motifs is 6. The van der Waals surface area contributed by atoms with Crippen molar-refractivity contribution in [1.29, 1.82) is 0 Å². The van der Waals surface area contributed by atoms with Gasteiger partial charge in [0.25, 0.3) is 0 Å². The second kappa shape index (κ2) is 8.56. The normalized spacial score (nSPS) is 24.3. The highest BCUT2D eigenvalue weighted by Gasteiger charge is 2.47. The lowest BCUT2D eigenvalue weighted by atomic mass is 9.68. The number of carbonyl (C=O) groups is 1. The fraction of sp³-hybridized carbons (Fsp3) is 0.346. The number of para-hydroxylation sites is 1. The molecule has 2 heterocycles. The maximum Gasteiger partial charge on any atom is 0.313 e. The Kier molecular flexibility index (Phi) is 5.63. The summed E-state index contributed by atoms with van der Waals surface area (Å²) in [5.74, 6) is 0.881. The van der Waals surface area contributed by atoms with Crippen molar-refractivity contribution < 1.29 is 9.53 Å². The SMILES string of the molecule is C/C=C1/CN(CCSc2ccccc2)[C@H]2C[C@@H]1[C@H](C(=O)OC)c1c2[nH]c2ccccc12. The minimum Gasteiger partial charge on any atom is -0.469 e. The number of methoxy groups -OCH3 is 1. The van der Waals surface area contributed by atoms with Gasteiger partial charge < -0.3 is 9.72 Å². The molecule has 0 amide bonds. The van der Waals surface area contributed by atoms with E-state index in [-0.39, 0.29) is 17.8 Å². The number of likely N-dealkylation sites (tertiary alicyclic amines) is 1. The zero-order valence-electron chi connectivity index (χ0n) is 18.0. The van der Waals surface area contributed by atoms with Gasteiger partial charge in [-0.3, -0.25) is 9.69 Å². The average molecular weight is 433 g/mol. The molecular formula is C26H28N2O2S. The first-order valence-electron chi connectivity index (χ1n) is 11.0. The van der Waals surface area contributed by atoms with Gasteiger partial charge in [0.2, 0.25) is 0 Å². The molecule has 1 fully saturated rings. The Morgan fingerprint density at radius 1 is 1.19 bits per heavy atom. The molecule has 0 unspecified atom stereocenters. The van der Waals surface area contributed by atoms with Gasteiger partial charge in [-0.05, 0) is 37.1 Å². The first-order chi connectivity index (χ1) is 15.2. The van der Waals surface area contributed by atoms with Crippen LogP contribution in [0.25, 0.3) is 10.9 Å². The number of thioether (sulfide) groups is 1. The van der Waals surface area contributed by atoms with E-state index in [9.17, 15) is 4.79 Å². The monoisotopic (exact) mass is 432 g/mol. The number of esters is 1. The number of piperidine rings is 1. The Hall–Kier alpha value is -2.50. The van der Waals surface area contributed by atoms with Crippen molar-refractivity contribution in [2.75, 3.05) is 26.0 Å². The van der Waals surface area contributed by atoms with Crippen molar-refractivity contribution in [3.63, 3.8) is 0 Å². The summed E-state index contributed by atoms with van der Waals surface area (Å²) >= 11 is 1.90. The number of ether oxygens (including phenoxy) is 1. The standard InChI is InChI=1S/C26H28N2O2S/c1-3-17-16-28(13-14-31-18-9-5-4-6-10-18)22-15-20(17)24(26(29)30-2)23-19-11-7-8-12-21(19)27-25(22)23/h3-12,20,22,24,27H,13-16H2,1-2H3/b17-3-/t20-,22-,24-/m0/s1. The summed E-state index contributed by atoms with van der Waals surface area (Å²) in [5, 5.41) is 1.15. The molecule has 3 atom stereocenters. The third-order valence-electron chi connectivity index (χ3n) is 6.82. The second-order valence-electron chi connectivity index (χ2n) is 8.35. The second-order valence-corrected chi connectivity index (χ2v) is 9.52. The lowest BCUT2D eigenvalue weighted by Crippen LogP contribution is -2.46. The summed E-state index contributed by atoms with van der Waals surface area (Å²) < 4.78 is 5.29. The Balaban J connectivity index is 1.51.